The number of fused-ring (bicyclic) bond motifs is 1. The second-order valence-corrected chi connectivity index (χ2v) is 4.11. The van der Waals surface area contributed by atoms with E-state index in [1.54, 1.807) is 6.07 Å². The Morgan fingerprint density at radius 3 is 2.94 bits per heavy atom. The molecule has 18 heavy (non-hydrogen) atoms. The van der Waals surface area contributed by atoms with Gasteiger partial charge in [0.2, 0.25) is 0 Å². The van der Waals surface area contributed by atoms with Crippen molar-refractivity contribution in [1.82, 2.24) is 5.43 Å². The summed E-state index contributed by atoms with van der Waals surface area (Å²) < 4.78 is 24.3. The maximum atomic E-state index is 13.2. The topological polar surface area (TPSA) is 60.4 Å². The number of halogens is 1. The standard InChI is InChI=1S/C13H17FN2O2/c1-3-17-7-11(16-15)13-8(2)10-6-9(14)4-5-12(10)18-13/h4-6,11,16H,3,7,15H2,1-2H3. The molecular weight excluding hydrogens is 235 g/mol. The van der Waals surface area contributed by atoms with Gasteiger partial charge < -0.3 is 9.15 Å². The van der Waals surface area contributed by atoms with E-state index in [9.17, 15) is 4.39 Å². The van der Waals surface area contributed by atoms with Crippen LogP contribution in [-0.4, -0.2) is 13.2 Å². The smallest absolute Gasteiger partial charge is 0.134 e. The van der Waals surface area contributed by atoms with Gasteiger partial charge in [-0.2, -0.15) is 0 Å². The molecule has 1 heterocycles. The fraction of sp³-hybridized carbons (Fsp3) is 0.385. The van der Waals surface area contributed by atoms with Crippen molar-refractivity contribution in [3.8, 4) is 0 Å². The monoisotopic (exact) mass is 252 g/mol. The van der Waals surface area contributed by atoms with Crippen LogP contribution >= 0.6 is 0 Å². The van der Waals surface area contributed by atoms with Gasteiger partial charge in [-0.3, -0.25) is 5.84 Å². The fourth-order valence-corrected chi connectivity index (χ4v) is 1.98. The highest BCUT2D eigenvalue weighted by molar-refractivity contribution is 5.82. The molecule has 5 heteroatoms. The van der Waals surface area contributed by atoms with E-state index in [2.05, 4.69) is 5.43 Å². The first-order valence-electron chi connectivity index (χ1n) is 5.89. The molecule has 0 spiro atoms. The van der Waals surface area contributed by atoms with Crippen molar-refractivity contribution in [3.63, 3.8) is 0 Å². The number of benzene rings is 1. The summed E-state index contributed by atoms with van der Waals surface area (Å²) >= 11 is 0. The summed E-state index contributed by atoms with van der Waals surface area (Å²) in [6.45, 7) is 4.81. The molecular formula is C13H17FN2O2. The van der Waals surface area contributed by atoms with Gasteiger partial charge in [-0.05, 0) is 32.0 Å². The lowest BCUT2D eigenvalue weighted by Crippen LogP contribution is -2.31. The van der Waals surface area contributed by atoms with Gasteiger partial charge >= 0.3 is 0 Å². The Morgan fingerprint density at radius 1 is 1.50 bits per heavy atom. The first kappa shape index (κ1) is 13.0. The van der Waals surface area contributed by atoms with Crippen LogP contribution in [0.2, 0.25) is 0 Å². The van der Waals surface area contributed by atoms with Gasteiger partial charge in [-0.1, -0.05) is 0 Å². The quantitative estimate of drug-likeness (QED) is 0.633. The molecule has 1 aromatic carbocycles. The molecule has 2 aromatic rings. The summed E-state index contributed by atoms with van der Waals surface area (Å²) in [5.74, 6) is 5.91. The SMILES string of the molecule is CCOCC(NN)c1oc2ccc(F)cc2c1C. The Labute approximate surface area is 105 Å². The maximum Gasteiger partial charge on any atom is 0.134 e. The minimum atomic E-state index is -0.278. The molecule has 1 aromatic heterocycles. The van der Waals surface area contributed by atoms with Crippen LogP contribution in [-0.2, 0) is 4.74 Å². The van der Waals surface area contributed by atoms with E-state index in [1.165, 1.54) is 12.1 Å². The molecule has 98 valence electrons. The number of hydrogen-bond acceptors (Lipinski definition) is 4. The first-order valence-corrected chi connectivity index (χ1v) is 5.89. The number of aryl methyl sites for hydroxylation is 1. The average Bonchev–Trinajstić information content (AvgIpc) is 2.68. The molecule has 0 aliphatic carbocycles. The molecule has 0 fully saturated rings. The number of furan rings is 1. The molecule has 0 aliphatic heterocycles. The van der Waals surface area contributed by atoms with Crippen LogP contribution in [0.5, 0.6) is 0 Å². The highest BCUT2D eigenvalue weighted by atomic mass is 19.1. The minimum absolute atomic E-state index is 0.236. The molecule has 0 bridgehead atoms. The van der Waals surface area contributed by atoms with Gasteiger partial charge in [0.25, 0.3) is 0 Å². The second-order valence-electron chi connectivity index (χ2n) is 4.11. The van der Waals surface area contributed by atoms with E-state index in [0.717, 1.165) is 10.9 Å². The summed E-state index contributed by atoms with van der Waals surface area (Å²) in [4.78, 5) is 0. The second kappa shape index (κ2) is 5.48. The van der Waals surface area contributed by atoms with Crippen LogP contribution in [0.4, 0.5) is 4.39 Å². The van der Waals surface area contributed by atoms with Crippen molar-refractivity contribution in [2.75, 3.05) is 13.2 Å². The Morgan fingerprint density at radius 2 is 2.28 bits per heavy atom. The van der Waals surface area contributed by atoms with Crippen molar-refractivity contribution in [2.45, 2.75) is 19.9 Å². The van der Waals surface area contributed by atoms with Gasteiger partial charge in [-0.25, -0.2) is 9.82 Å². The predicted octanol–water partition coefficient (Wildman–Crippen LogP) is 2.42. The van der Waals surface area contributed by atoms with Crippen LogP contribution in [0.15, 0.2) is 22.6 Å². The van der Waals surface area contributed by atoms with Gasteiger partial charge in [0, 0.05) is 17.6 Å². The zero-order chi connectivity index (χ0) is 13.1. The lowest BCUT2D eigenvalue weighted by Gasteiger charge is -2.13. The predicted molar refractivity (Wildman–Crippen MR) is 67.5 cm³/mol. The van der Waals surface area contributed by atoms with E-state index in [1.807, 2.05) is 13.8 Å². The Kier molecular flexibility index (Phi) is 3.96. The van der Waals surface area contributed by atoms with Gasteiger partial charge in [0.1, 0.15) is 23.2 Å². The van der Waals surface area contributed by atoms with Crippen molar-refractivity contribution in [2.24, 2.45) is 5.84 Å². The van der Waals surface area contributed by atoms with Gasteiger partial charge in [-0.15, -0.1) is 0 Å². The average molecular weight is 252 g/mol. The number of nitrogens with two attached hydrogens (primary N) is 1. The van der Waals surface area contributed by atoms with E-state index in [0.29, 0.717) is 24.6 Å². The van der Waals surface area contributed by atoms with E-state index in [4.69, 9.17) is 15.0 Å². The molecule has 4 nitrogen and oxygen atoms in total. The van der Waals surface area contributed by atoms with Crippen LogP contribution in [0, 0.1) is 12.7 Å². The fourth-order valence-electron chi connectivity index (χ4n) is 1.98. The van der Waals surface area contributed by atoms with Crippen LogP contribution < -0.4 is 11.3 Å². The zero-order valence-electron chi connectivity index (χ0n) is 10.5. The number of rotatable bonds is 5. The Bertz CT molecular complexity index is 539. The normalized spacial score (nSPS) is 13.1. The van der Waals surface area contributed by atoms with E-state index in [-0.39, 0.29) is 11.9 Å². The van der Waals surface area contributed by atoms with Crippen molar-refractivity contribution in [1.29, 1.82) is 0 Å². The van der Waals surface area contributed by atoms with Gasteiger partial charge in [0.15, 0.2) is 0 Å². The molecule has 1 unspecified atom stereocenters. The highest BCUT2D eigenvalue weighted by Gasteiger charge is 2.19. The summed E-state index contributed by atoms with van der Waals surface area (Å²) in [7, 11) is 0. The highest BCUT2D eigenvalue weighted by Crippen LogP contribution is 2.29. The first-order chi connectivity index (χ1) is 8.67. The summed E-state index contributed by atoms with van der Waals surface area (Å²) in [6.07, 6.45) is 0. The lowest BCUT2D eigenvalue weighted by atomic mass is 10.1. The Balaban J connectivity index is 2.40. The summed E-state index contributed by atoms with van der Waals surface area (Å²) in [5.41, 5.74) is 4.19. The molecule has 0 radical (unpaired) electrons. The maximum absolute atomic E-state index is 13.2. The molecule has 0 amide bonds. The van der Waals surface area contributed by atoms with Crippen molar-refractivity contribution < 1.29 is 13.5 Å². The number of hydrazine groups is 1. The van der Waals surface area contributed by atoms with Crippen molar-refractivity contribution >= 4 is 11.0 Å². The number of nitrogens with one attached hydrogen (secondary N) is 1. The Hall–Kier alpha value is -1.43. The van der Waals surface area contributed by atoms with Gasteiger partial charge in [0.05, 0.1) is 6.61 Å². The number of ether oxygens (including phenoxy) is 1. The molecule has 3 N–H and O–H groups in total. The van der Waals surface area contributed by atoms with Crippen LogP contribution in [0.3, 0.4) is 0 Å². The van der Waals surface area contributed by atoms with E-state index >= 15 is 0 Å². The van der Waals surface area contributed by atoms with Crippen LogP contribution in [0.25, 0.3) is 11.0 Å². The van der Waals surface area contributed by atoms with E-state index < -0.39 is 0 Å². The molecule has 0 aliphatic rings. The third kappa shape index (κ3) is 2.38. The molecule has 2 rings (SSSR count). The van der Waals surface area contributed by atoms with Crippen LogP contribution in [0.1, 0.15) is 24.3 Å². The number of hydrogen-bond donors (Lipinski definition) is 2. The third-order valence-corrected chi connectivity index (χ3v) is 2.94. The molecule has 0 saturated carbocycles. The molecule has 1 atom stereocenters. The van der Waals surface area contributed by atoms with Crippen molar-refractivity contribution in [3.05, 3.63) is 35.3 Å². The summed E-state index contributed by atoms with van der Waals surface area (Å²) in [5, 5.41) is 0.766. The zero-order valence-corrected chi connectivity index (χ0v) is 10.5. The largest absolute Gasteiger partial charge is 0.459 e. The minimum Gasteiger partial charge on any atom is -0.459 e. The lowest BCUT2D eigenvalue weighted by molar-refractivity contribution is 0.116. The molecule has 0 saturated heterocycles. The summed E-state index contributed by atoms with van der Waals surface area (Å²) in [6, 6.07) is 4.23. The third-order valence-electron chi connectivity index (χ3n) is 2.94.